The average molecular weight is 193 g/mol. The molecule has 0 radical (unpaired) electrons. The third-order valence-electron chi connectivity index (χ3n) is 1.08. The predicted molar refractivity (Wildman–Crippen MR) is 49.2 cm³/mol. The van der Waals surface area contributed by atoms with Crippen molar-refractivity contribution in [3.05, 3.63) is 39.7 Å². The molecule has 0 bridgehead atoms. The Morgan fingerprint density at radius 1 is 1.55 bits per heavy atom. The zero-order chi connectivity index (χ0) is 8.85. The van der Waals surface area contributed by atoms with Crippen LogP contribution in [0, 0.1) is 5.21 Å². The molecule has 62 valence electrons. The van der Waals surface area contributed by atoms with Crippen molar-refractivity contribution in [2.75, 3.05) is 0 Å². The molecular formula is C7H8Cl2NO-. The van der Waals surface area contributed by atoms with Crippen LogP contribution in [0.3, 0.4) is 0 Å². The van der Waals surface area contributed by atoms with Gasteiger partial charge in [-0.2, -0.15) is 0 Å². The van der Waals surface area contributed by atoms with Gasteiger partial charge in [0.1, 0.15) is 0 Å². The van der Waals surface area contributed by atoms with Gasteiger partial charge in [0.25, 0.3) is 0 Å². The van der Waals surface area contributed by atoms with Gasteiger partial charge >= 0.3 is 0 Å². The molecule has 0 atom stereocenters. The summed E-state index contributed by atoms with van der Waals surface area (Å²) in [7, 11) is 0. The quantitative estimate of drug-likeness (QED) is 0.552. The van der Waals surface area contributed by atoms with Crippen LogP contribution in [0.1, 0.15) is 6.92 Å². The van der Waals surface area contributed by atoms with E-state index < -0.39 is 0 Å². The van der Waals surface area contributed by atoms with Gasteiger partial charge in [-0.1, -0.05) is 35.9 Å². The summed E-state index contributed by atoms with van der Waals surface area (Å²) in [6.07, 6.45) is 2.57. The van der Waals surface area contributed by atoms with E-state index in [4.69, 9.17) is 23.2 Å². The second kappa shape index (κ2) is 5.24. The summed E-state index contributed by atoms with van der Waals surface area (Å²) < 4.78 is 0. The van der Waals surface area contributed by atoms with Crippen LogP contribution >= 0.6 is 23.2 Å². The fraction of sp³-hybridized carbons (Fsp3) is 0.143. The summed E-state index contributed by atoms with van der Waals surface area (Å²) in [5.41, 5.74) is 2.17. The zero-order valence-corrected chi connectivity index (χ0v) is 7.54. The molecule has 0 saturated heterocycles. The van der Waals surface area contributed by atoms with Crippen LogP contribution in [0.25, 0.3) is 0 Å². The Labute approximate surface area is 75.8 Å². The molecule has 11 heavy (non-hydrogen) atoms. The van der Waals surface area contributed by atoms with Crippen molar-refractivity contribution in [2.45, 2.75) is 6.92 Å². The van der Waals surface area contributed by atoms with E-state index in [0.717, 1.165) is 6.20 Å². The van der Waals surface area contributed by atoms with Crippen LogP contribution in [0.15, 0.2) is 34.5 Å². The summed E-state index contributed by atoms with van der Waals surface area (Å²) in [5.74, 6) is 0. The maximum absolute atomic E-state index is 9.85. The zero-order valence-electron chi connectivity index (χ0n) is 6.03. The number of rotatable bonds is 3. The van der Waals surface area contributed by atoms with Crippen LogP contribution in [0.2, 0.25) is 0 Å². The lowest BCUT2D eigenvalue weighted by Gasteiger charge is -2.04. The Hall–Kier alpha value is -0.440. The number of nitrogens with one attached hydrogen (secondary N) is 1. The standard InChI is InChI=1S/C7H8Cl2NO/c1-3-6(8)5(2)7(9)4-10-11/h3-4,10H,1H2,2H3/q-1/b6-5+,7-4+. The van der Waals surface area contributed by atoms with Gasteiger partial charge in [-0.05, 0) is 12.5 Å². The van der Waals surface area contributed by atoms with Crippen molar-refractivity contribution in [1.29, 1.82) is 0 Å². The highest BCUT2D eigenvalue weighted by Gasteiger charge is 1.98. The third kappa shape index (κ3) is 3.46. The van der Waals surface area contributed by atoms with Crippen molar-refractivity contribution in [1.82, 2.24) is 5.48 Å². The molecule has 0 spiro atoms. The molecule has 0 saturated carbocycles. The molecule has 0 aliphatic rings. The van der Waals surface area contributed by atoms with E-state index >= 15 is 0 Å². The summed E-state index contributed by atoms with van der Waals surface area (Å²) in [5, 5.41) is 10.6. The fourth-order valence-electron chi connectivity index (χ4n) is 0.427. The van der Waals surface area contributed by atoms with Crippen molar-refractivity contribution >= 4 is 23.2 Å². The van der Waals surface area contributed by atoms with Gasteiger partial charge in [0.15, 0.2) is 0 Å². The van der Waals surface area contributed by atoms with Gasteiger partial charge in [0, 0.05) is 11.2 Å². The molecule has 2 nitrogen and oxygen atoms in total. The second-order valence-corrected chi connectivity index (χ2v) is 2.60. The molecule has 0 unspecified atom stereocenters. The SMILES string of the molecule is C=C/C(Cl)=C(C)\C(Cl)=C/N[O-]. The summed E-state index contributed by atoms with van der Waals surface area (Å²) in [6, 6.07) is 0. The van der Waals surface area contributed by atoms with E-state index in [1.807, 2.05) is 0 Å². The molecule has 0 rings (SSSR count). The minimum absolute atomic E-state index is 0.282. The summed E-state index contributed by atoms with van der Waals surface area (Å²) in [4.78, 5) is 0. The molecule has 0 fully saturated rings. The Kier molecular flexibility index (Phi) is 5.03. The number of hydrogen-bond donors (Lipinski definition) is 1. The van der Waals surface area contributed by atoms with E-state index in [1.165, 1.54) is 6.08 Å². The van der Waals surface area contributed by atoms with Crippen LogP contribution in [0.4, 0.5) is 0 Å². The van der Waals surface area contributed by atoms with E-state index in [2.05, 4.69) is 6.58 Å². The monoisotopic (exact) mass is 192 g/mol. The molecule has 0 aromatic heterocycles. The molecular weight excluding hydrogens is 185 g/mol. The van der Waals surface area contributed by atoms with E-state index in [0.29, 0.717) is 10.6 Å². The molecule has 0 aromatic carbocycles. The number of halogens is 2. The van der Waals surface area contributed by atoms with Gasteiger partial charge in [0.2, 0.25) is 0 Å². The molecule has 1 N–H and O–H groups in total. The minimum atomic E-state index is 0.282. The Bertz CT molecular complexity index is 208. The minimum Gasteiger partial charge on any atom is -0.761 e. The van der Waals surface area contributed by atoms with E-state index in [9.17, 15) is 5.21 Å². The van der Waals surface area contributed by atoms with E-state index in [-0.39, 0.29) is 5.03 Å². The Morgan fingerprint density at radius 2 is 2.09 bits per heavy atom. The van der Waals surface area contributed by atoms with Crippen LogP contribution in [0.5, 0.6) is 0 Å². The topological polar surface area (TPSA) is 35.1 Å². The lowest BCUT2D eigenvalue weighted by molar-refractivity contribution is 1.20. The van der Waals surface area contributed by atoms with Gasteiger partial charge in [-0.15, -0.1) is 0 Å². The third-order valence-corrected chi connectivity index (χ3v) is 1.91. The maximum atomic E-state index is 9.85. The number of allylic oxidation sites excluding steroid dienone is 4. The lowest BCUT2D eigenvalue weighted by atomic mass is 10.2. The van der Waals surface area contributed by atoms with Crippen molar-refractivity contribution < 1.29 is 0 Å². The van der Waals surface area contributed by atoms with Crippen molar-refractivity contribution in [2.24, 2.45) is 0 Å². The predicted octanol–water partition coefficient (Wildman–Crippen LogP) is 2.85. The van der Waals surface area contributed by atoms with Crippen LogP contribution in [-0.2, 0) is 0 Å². The first-order valence-electron chi connectivity index (χ1n) is 2.86. The first-order chi connectivity index (χ1) is 5.13. The van der Waals surface area contributed by atoms with Crippen molar-refractivity contribution in [3.63, 3.8) is 0 Å². The molecule has 0 amide bonds. The Balaban J connectivity index is 4.59. The first-order valence-corrected chi connectivity index (χ1v) is 3.61. The molecule has 0 aromatic rings. The first kappa shape index (κ1) is 10.6. The maximum Gasteiger partial charge on any atom is 0.0598 e. The van der Waals surface area contributed by atoms with Crippen molar-refractivity contribution in [3.8, 4) is 0 Å². The van der Waals surface area contributed by atoms with Gasteiger partial charge in [-0.3, -0.25) is 0 Å². The summed E-state index contributed by atoms with van der Waals surface area (Å²) >= 11 is 11.3. The molecule has 0 aliphatic heterocycles. The highest BCUT2D eigenvalue weighted by Crippen LogP contribution is 2.20. The average Bonchev–Trinajstić information content (AvgIpc) is 2.02. The van der Waals surface area contributed by atoms with E-state index in [1.54, 1.807) is 12.4 Å². The highest BCUT2D eigenvalue weighted by atomic mass is 35.5. The van der Waals surface area contributed by atoms with Gasteiger partial charge in [0.05, 0.1) is 5.03 Å². The number of hydroxylamine groups is 1. The smallest absolute Gasteiger partial charge is 0.0598 e. The van der Waals surface area contributed by atoms with Gasteiger partial charge < -0.3 is 10.7 Å². The molecule has 0 heterocycles. The molecule has 4 heteroatoms. The highest BCUT2D eigenvalue weighted by molar-refractivity contribution is 6.36. The normalized spacial score (nSPS) is 14.0. The lowest BCUT2D eigenvalue weighted by Crippen LogP contribution is -1.91. The van der Waals surface area contributed by atoms with Crippen LogP contribution in [-0.4, -0.2) is 0 Å². The largest absolute Gasteiger partial charge is 0.761 e. The molecule has 0 aliphatic carbocycles. The fourth-order valence-corrected chi connectivity index (χ4v) is 0.724. The summed E-state index contributed by atoms with van der Waals surface area (Å²) in [6.45, 7) is 5.14. The number of hydrogen-bond acceptors (Lipinski definition) is 2. The Morgan fingerprint density at radius 3 is 2.45 bits per heavy atom. The van der Waals surface area contributed by atoms with Crippen LogP contribution < -0.4 is 5.48 Å². The second-order valence-electron chi connectivity index (χ2n) is 1.79. The van der Waals surface area contributed by atoms with Gasteiger partial charge in [-0.25, -0.2) is 0 Å².